The van der Waals surface area contributed by atoms with Crippen LogP contribution in [0.1, 0.15) is 18.4 Å². The number of hydrogen-bond donors (Lipinski definition) is 1. The summed E-state index contributed by atoms with van der Waals surface area (Å²) in [4.78, 5) is 13.7. The molecule has 0 aliphatic carbocycles. The molecule has 5 nitrogen and oxygen atoms in total. The third-order valence-corrected chi connectivity index (χ3v) is 2.72. The van der Waals surface area contributed by atoms with Gasteiger partial charge in [-0.1, -0.05) is 12.1 Å². The van der Waals surface area contributed by atoms with Gasteiger partial charge in [-0.15, -0.1) is 0 Å². The highest BCUT2D eigenvalue weighted by Gasteiger charge is 2.05. The minimum atomic E-state index is -0.164. The maximum Gasteiger partial charge on any atom is 0.257 e. The van der Waals surface area contributed by atoms with E-state index in [-0.39, 0.29) is 12.5 Å². The van der Waals surface area contributed by atoms with Crippen LogP contribution in [0.5, 0.6) is 5.75 Å². The molecule has 0 aromatic heterocycles. The number of amides is 1. The molecule has 0 bridgehead atoms. The lowest BCUT2D eigenvalue weighted by Gasteiger charge is -2.10. The second-order valence-electron chi connectivity index (χ2n) is 4.76. The van der Waals surface area contributed by atoms with Crippen molar-refractivity contribution in [2.45, 2.75) is 12.8 Å². The first-order valence-corrected chi connectivity index (χ1v) is 6.67. The van der Waals surface area contributed by atoms with Crippen molar-refractivity contribution >= 4 is 5.91 Å². The van der Waals surface area contributed by atoms with E-state index in [1.165, 1.54) is 0 Å². The molecule has 1 aromatic rings. The van der Waals surface area contributed by atoms with Crippen LogP contribution in [-0.2, 0) is 4.79 Å². The molecule has 1 aromatic carbocycles. The number of benzene rings is 1. The summed E-state index contributed by atoms with van der Waals surface area (Å²) in [5.74, 6) is 0.278. The molecule has 1 amide bonds. The number of unbranched alkanes of at least 4 members (excludes halogenated alkanes) is 1. The van der Waals surface area contributed by atoms with E-state index >= 15 is 0 Å². The molecule has 20 heavy (non-hydrogen) atoms. The Morgan fingerprint density at radius 3 is 2.80 bits per heavy atom. The van der Waals surface area contributed by atoms with Crippen molar-refractivity contribution in [3.8, 4) is 11.8 Å². The van der Waals surface area contributed by atoms with Crippen molar-refractivity contribution in [1.29, 1.82) is 5.26 Å². The van der Waals surface area contributed by atoms with E-state index in [9.17, 15) is 4.79 Å². The van der Waals surface area contributed by atoms with E-state index < -0.39 is 0 Å². The highest BCUT2D eigenvalue weighted by molar-refractivity contribution is 5.77. The summed E-state index contributed by atoms with van der Waals surface area (Å²) >= 11 is 0. The molecule has 0 saturated heterocycles. The quantitative estimate of drug-likeness (QED) is 0.728. The smallest absolute Gasteiger partial charge is 0.257 e. The average molecular weight is 275 g/mol. The van der Waals surface area contributed by atoms with Gasteiger partial charge in [0.25, 0.3) is 5.91 Å². The second kappa shape index (κ2) is 8.94. The molecule has 0 aliphatic heterocycles. The molecular formula is C15H21N3O2. The Hall–Kier alpha value is -2.06. The van der Waals surface area contributed by atoms with Gasteiger partial charge >= 0.3 is 0 Å². The molecule has 0 atom stereocenters. The van der Waals surface area contributed by atoms with Crippen molar-refractivity contribution in [3.05, 3.63) is 29.8 Å². The summed E-state index contributed by atoms with van der Waals surface area (Å²) in [5, 5.41) is 11.7. The Morgan fingerprint density at radius 2 is 2.10 bits per heavy atom. The molecule has 0 unspecified atom stereocenters. The summed E-state index contributed by atoms with van der Waals surface area (Å²) in [6, 6.07) is 8.91. The first-order chi connectivity index (χ1) is 9.63. The first kappa shape index (κ1) is 16.0. The number of hydrogen-bond acceptors (Lipinski definition) is 4. The molecule has 1 N–H and O–H groups in total. The summed E-state index contributed by atoms with van der Waals surface area (Å²) in [6.07, 6.45) is 1.99. The zero-order valence-electron chi connectivity index (χ0n) is 12.1. The van der Waals surface area contributed by atoms with Crippen LogP contribution in [0.4, 0.5) is 0 Å². The lowest BCUT2D eigenvalue weighted by molar-refractivity contribution is -0.123. The van der Waals surface area contributed by atoms with Crippen molar-refractivity contribution in [3.63, 3.8) is 0 Å². The van der Waals surface area contributed by atoms with E-state index in [2.05, 4.69) is 10.2 Å². The van der Waals surface area contributed by atoms with Gasteiger partial charge in [0.2, 0.25) is 0 Å². The normalized spacial score (nSPS) is 10.1. The summed E-state index contributed by atoms with van der Waals surface area (Å²) < 4.78 is 5.34. The highest BCUT2D eigenvalue weighted by Crippen LogP contribution is 2.15. The Bertz CT molecular complexity index is 466. The van der Waals surface area contributed by atoms with Crippen LogP contribution in [0.15, 0.2) is 24.3 Å². The fourth-order valence-corrected chi connectivity index (χ4v) is 1.66. The van der Waals surface area contributed by atoms with Gasteiger partial charge in [-0.25, -0.2) is 0 Å². The Kier molecular flexibility index (Phi) is 7.15. The van der Waals surface area contributed by atoms with E-state index in [1.54, 1.807) is 24.3 Å². The SMILES string of the molecule is CN(C)CCCCNC(=O)COc1ccccc1C#N. The van der Waals surface area contributed by atoms with Crippen molar-refractivity contribution in [2.24, 2.45) is 0 Å². The maximum absolute atomic E-state index is 11.6. The Morgan fingerprint density at radius 1 is 1.35 bits per heavy atom. The third-order valence-electron chi connectivity index (χ3n) is 2.72. The zero-order chi connectivity index (χ0) is 14.8. The fourth-order valence-electron chi connectivity index (χ4n) is 1.66. The van der Waals surface area contributed by atoms with Gasteiger partial charge in [0.1, 0.15) is 11.8 Å². The summed E-state index contributed by atoms with van der Waals surface area (Å²) in [6.45, 7) is 1.60. The molecule has 5 heteroatoms. The molecule has 0 fully saturated rings. The van der Waals surface area contributed by atoms with Gasteiger partial charge in [0.05, 0.1) is 5.56 Å². The number of nitriles is 1. The first-order valence-electron chi connectivity index (χ1n) is 6.67. The van der Waals surface area contributed by atoms with Crippen LogP contribution < -0.4 is 10.1 Å². The van der Waals surface area contributed by atoms with Crippen molar-refractivity contribution in [2.75, 3.05) is 33.8 Å². The van der Waals surface area contributed by atoms with Crippen LogP contribution in [0.2, 0.25) is 0 Å². The second-order valence-corrected chi connectivity index (χ2v) is 4.76. The van der Waals surface area contributed by atoms with Crippen molar-refractivity contribution < 1.29 is 9.53 Å². The standard InChI is InChI=1S/C15H21N3O2/c1-18(2)10-6-5-9-17-15(19)12-20-14-8-4-3-7-13(14)11-16/h3-4,7-8H,5-6,9-10,12H2,1-2H3,(H,17,19). The lowest BCUT2D eigenvalue weighted by Crippen LogP contribution is -2.30. The Labute approximate surface area is 120 Å². The largest absolute Gasteiger partial charge is 0.482 e. The predicted molar refractivity (Wildman–Crippen MR) is 77.4 cm³/mol. The van der Waals surface area contributed by atoms with Crippen LogP contribution >= 0.6 is 0 Å². The van der Waals surface area contributed by atoms with Gasteiger partial charge in [-0.2, -0.15) is 5.26 Å². The van der Waals surface area contributed by atoms with E-state index in [4.69, 9.17) is 10.00 Å². The number of carbonyl (C=O) groups is 1. The topological polar surface area (TPSA) is 65.4 Å². The number of ether oxygens (including phenoxy) is 1. The van der Waals surface area contributed by atoms with Gasteiger partial charge in [0, 0.05) is 6.54 Å². The third kappa shape index (κ3) is 6.21. The summed E-state index contributed by atoms with van der Waals surface area (Å²) in [5.41, 5.74) is 0.436. The molecular weight excluding hydrogens is 254 g/mol. The molecule has 0 radical (unpaired) electrons. The van der Waals surface area contributed by atoms with Crippen LogP contribution in [0, 0.1) is 11.3 Å². The zero-order valence-corrected chi connectivity index (χ0v) is 12.1. The molecule has 0 saturated carbocycles. The van der Waals surface area contributed by atoms with Crippen LogP contribution in [0.3, 0.4) is 0 Å². The number of nitrogens with zero attached hydrogens (tertiary/aromatic N) is 2. The fraction of sp³-hybridized carbons (Fsp3) is 0.467. The van der Waals surface area contributed by atoms with E-state index in [0.29, 0.717) is 17.9 Å². The minimum absolute atomic E-state index is 0.0631. The van der Waals surface area contributed by atoms with E-state index in [1.807, 2.05) is 20.2 Å². The Balaban J connectivity index is 2.22. The number of para-hydroxylation sites is 1. The monoisotopic (exact) mass is 275 g/mol. The minimum Gasteiger partial charge on any atom is -0.482 e. The molecule has 108 valence electrons. The number of carbonyl (C=O) groups excluding carboxylic acids is 1. The number of nitrogens with one attached hydrogen (secondary N) is 1. The van der Waals surface area contributed by atoms with Gasteiger partial charge < -0.3 is 15.0 Å². The van der Waals surface area contributed by atoms with Crippen LogP contribution in [-0.4, -0.2) is 44.6 Å². The predicted octanol–water partition coefficient (Wildman–Crippen LogP) is 1.40. The van der Waals surface area contributed by atoms with Crippen LogP contribution in [0.25, 0.3) is 0 Å². The molecule has 0 aliphatic rings. The molecule has 0 spiro atoms. The average Bonchev–Trinajstić information content (AvgIpc) is 2.44. The maximum atomic E-state index is 11.6. The number of rotatable bonds is 8. The van der Waals surface area contributed by atoms with Gasteiger partial charge in [-0.05, 0) is 45.6 Å². The van der Waals surface area contributed by atoms with E-state index in [0.717, 1.165) is 19.4 Å². The molecule has 0 heterocycles. The van der Waals surface area contributed by atoms with Crippen molar-refractivity contribution in [1.82, 2.24) is 10.2 Å². The van der Waals surface area contributed by atoms with Gasteiger partial charge in [0.15, 0.2) is 6.61 Å². The highest BCUT2D eigenvalue weighted by atomic mass is 16.5. The van der Waals surface area contributed by atoms with Gasteiger partial charge in [-0.3, -0.25) is 4.79 Å². The molecule has 1 rings (SSSR count). The summed E-state index contributed by atoms with van der Waals surface area (Å²) in [7, 11) is 4.05. The lowest BCUT2D eigenvalue weighted by atomic mass is 10.2.